The lowest BCUT2D eigenvalue weighted by Crippen LogP contribution is -2.04. The molecule has 1 aliphatic rings. The van der Waals surface area contributed by atoms with E-state index in [-0.39, 0.29) is 5.38 Å². The maximum absolute atomic E-state index is 6.16. The largest absolute Gasteiger partial charge is 0.462 e. The monoisotopic (exact) mass is 194 g/mol. The molecule has 0 saturated carbocycles. The minimum atomic E-state index is -0.0522. The van der Waals surface area contributed by atoms with Crippen molar-refractivity contribution >= 4 is 11.6 Å². The van der Waals surface area contributed by atoms with E-state index in [9.17, 15) is 0 Å². The molecule has 0 spiro atoms. The molecule has 0 bridgehead atoms. The van der Waals surface area contributed by atoms with E-state index in [1.807, 2.05) is 25.1 Å². The van der Waals surface area contributed by atoms with Gasteiger partial charge in [0.2, 0.25) is 0 Å². The molecule has 0 fully saturated rings. The molecule has 0 amide bonds. The Labute approximate surface area is 83.0 Å². The average molecular weight is 195 g/mol. The fourth-order valence-electron chi connectivity index (χ4n) is 1.48. The Morgan fingerprint density at radius 1 is 1.31 bits per heavy atom. The summed E-state index contributed by atoms with van der Waals surface area (Å²) in [4.78, 5) is 0. The van der Waals surface area contributed by atoms with Crippen LogP contribution in [0.4, 0.5) is 0 Å². The summed E-state index contributed by atoms with van der Waals surface area (Å²) in [6.07, 6.45) is 1.92. The highest BCUT2D eigenvalue weighted by Crippen LogP contribution is 2.36. The molecular weight excluding hydrogens is 184 g/mol. The van der Waals surface area contributed by atoms with E-state index in [4.69, 9.17) is 16.3 Å². The summed E-state index contributed by atoms with van der Waals surface area (Å²) >= 11 is 6.16. The maximum atomic E-state index is 6.16. The predicted molar refractivity (Wildman–Crippen MR) is 54.2 cm³/mol. The summed E-state index contributed by atoms with van der Waals surface area (Å²) in [5.41, 5.74) is 2.27. The van der Waals surface area contributed by atoms with Crippen molar-refractivity contribution in [1.29, 1.82) is 0 Å². The number of hydrogen-bond acceptors (Lipinski definition) is 1. The Morgan fingerprint density at radius 3 is 2.85 bits per heavy atom. The molecule has 0 aromatic heterocycles. The van der Waals surface area contributed by atoms with E-state index in [1.54, 1.807) is 0 Å². The van der Waals surface area contributed by atoms with Crippen molar-refractivity contribution in [2.45, 2.75) is 19.2 Å². The zero-order chi connectivity index (χ0) is 9.42. The lowest BCUT2D eigenvalue weighted by molar-refractivity contribution is 0.410. The van der Waals surface area contributed by atoms with Crippen LogP contribution >= 0.6 is 11.6 Å². The molecule has 1 unspecified atom stereocenters. The van der Waals surface area contributed by atoms with Crippen molar-refractivity contribution in [2.24, 2.45) is 0 Å². The van der Waals surface area contributed by atoms with E-state index in [2.05, 4.69) is 13.0 Å². The Morgan fingerprint density at radius 2 is 2.08 bits per heavy atom. The molecule has 1 aliphatic heterocycles. The number of fused-ring (bicyclic) bond motifs is 1. The summed E-state index contributed by atoms with van der Waals surface area (Å²) in [6.45, 7) is 3.97. The van der Waals surface area contributed by atoms with E-state index < -0.39 is 0 Å². The number of allylic oxidation sites excluding steroid dienone is 2. The van der Waals surface area contributed by atoms with E-state index in [0.29, 0.717) is 0 Å². The van der Waals surface area contributed by atoms with E-state index >= 15 is 0 Å². The highest BCUT2D eigenvalue weighted by molar-refractivity contribution is 6.22. The molecule has 0 saturated heterocycles. The van der Waals surface area contributed by atoms with Gasteiger partial charge in [0.15, 0.2) is 0 Å². The van der Waals surface area contributed by atoms with Crippen LogP contribution in [0.25, 0.3) is 0 Å². The van der Waals surface area contributed by atoms with Crippen LogP contribution in [0.5, 0.6) is 5.75 Å². The fourth-order valence-corrected chi connectivity index (χ4v) is 1.83. The number of alkyl halides is 1. The van der Waals surface area contributed by atoms with E-state index in [1.165, 1.54) is 5.56 Å². The number of halogens is 1. The van der Waals surface area contributed by atoms with Gasteiger partial charge in [0.1, 0.15) is 5.75 Å². The van der Waals surface area contributed by atoms with Gasteiger partial charge in [0.25, 0.3) is 0 Å². The van der Waals surface area contributed by atoms with Gasteiger partial charge in [-0.25, -0.2) is 0 Å². The first-order valence-corrected chi connectivity index (χ1v) is 4.71. The van der Waals surface area contributed by atoms with Gasteiger partial charge in [-0.05, 0) is 26.0 Å². The van der Waals surface area contributed by atoms with Crippen molar-refractivity contribution in [3.63, 3.8) is 0 Å². The van der Waals surface area contributed by atoms with Crippen molar-refractivity contribution in [1.82, 2.24) is 0 Å². The van der Waals surface area contributed by atoms with Gasteiger partial charge < -0.3 is 4.74 Å². The molecule has 2 heteroatoms. The zero-order valence-electron chi connectivity index (χ0n) is 7.67. The van der Waals surface area contributed by atoms with Crippen LogP contribution in [0.3, 0.4) is 0 Å². The third-order valence-corrected chi connectivity index (χ3v) is 2.48. The summed E-state index contributed by atoms with van der Waals surface area (Å²) in [6, 6.07) is 6.06. The molecule has 2 rings (SSSR count). The maximum Gasteiger partial charge on any atom is 0.131 e. The third kappa shape index (κ3) is 1.56. The number of hydrogen-bond donors (Lipinski definition) is 0. The van der Waals surface area contributed by atoms with Gasteiger partial charge in [0.05, 0.1) is 11.1 Å². The first-order chi connectivity index (χ1) is 6.16. The average Bonchev–Trinajstić information content (AvgIpc) is 2.06. The molecule has 1 atom stereocenters. The van der Waals surface area contributed by atoms with Crippen LogP contribution < -0.4 is 4.74 Å². The second-order valence-corrected chi connectivity index (χ2v) is 3.79. The van der Waals surface area contributed by atoms with Crippen LogP contribution in [-0.4, -0.2) is 0 Å². The Kier molecular flexibility index (Phi) is 2.04. The van der Waals surface area contributed by atoms with Crippen LogP contribution in [0, 0.1) is 6.92 Å². The normalized spacial score (nSPS) is 20.2. The smallest absolute Gasteiger partial charge is 0.131 e. The highest BCUT2D eigenvalue weighted by Gasteiger charge is 2.17. The topological polar surface area (TPSA) is 9.23 Å². The van der Waals surface area contributed by atoms with Crippen LogP contribution in [-0.2, 0) is 0 Å². The lowest BCUT2D eigenvalue weighted by Gasteiger charge is -2.19. The second kappa shape index (κ2) is 3.08. The molecule has 13 heavy (non-hydrogen) atoms. The Bertz CT molecular complexity index is 368. The Balaban J connectivity index is 2.50. The van der Waals surface area contributed by atoms with Gasteiger partial charge in [-0.1, -0.05) is 17.7 Å². The quantitative estimate of drug-likeness (QED) is 0.574. The number of aryl methyl sites for hydroxylation is 1. The first-order valence-electron chi connectivity index (χ1n) is 4.28. The number of ether oxygens (including phenoxy) is 1. The number of rotatable bonds is 0. The minimum absolute atomic E-state index is 0.0522. The molecule has 0 N–H and O–H groups in total. The zero-order valence-corrected chi connectivity index (χ0v) is 8.43. The highest BCUT2D eigenvalue weighted by atomic mass is 35.5. The van der Waals surface area contributed by atoms with Gasteiger partial charge >= 0.3 is 0 Å². The number of benzene rings is 1. The van der Waals surface area contributed by atoms with Gasteiger partial charge in [-0.3, -0.25) is 0 Å². The third-order valence-electron chi connectivity index (χ3n) is 2.11. The summed E-state index contributed by atoms with van der Waals surface area (Å²) in [5, 5.41) is -0.0522. The molecule has 1 heterocycles. The molecule has 0 radical (unpaired) electrons. The molecular formula is C11H11ClO. The summed E-state index contributed by atoms with van der Waals surface area (Å²) < 4.78 is 5.53. The van der Waals surface area contributed by atoms with Crippen molar-refractivity contribution in [3.05, 3.63) is 41.2 Å². The SMILES string of the molecule is CC1=CC(Cl)c2cc(C)ccc2O1. The van der Waals surface area contributed by atoms with Crippen molar-refractivity contribution < 1.29 is 4.74 Å². The summed E-state index contributed by atoms with van der Waals surface area (Å²) in [5.74, 6) is 1.75. The van der Waals surface area contributed by atoms with Crippen LogP contribution in [0.2, 0.25) is 0 Å². The Hall–Kier alpha value is -0.950. The second-order valence-electron chi connectivity index (χ2n) is 3.32. The van der Waals surface area contributed by atoms with Gasteiger partial charge in [0, 0.05) is 5.56 Å². The van der Waals surface area contributed by atoms with Gasteiger partial charge in [-0.2, -0.15) is 0 Å². The molecule has 1 aromatic carbocycles. The molecule has 68 valence electrons. The van der Waals surface area contributed by atoms with Crippen LogP contribution in [0.1, 0.15) is 23.4 Å². The van der Waals surface area contributed by atoms with E-state index in [0.717, 1.165) is 17.1 Å². The minimum Gasteiger partial charge on any atom is -0.462 e. The first kappa shape index (κ1) is 8.64. The molecule has 0 aliphatic carbocycles. The van der Waals surface area contributed by atoms with Crippen molar-refractivity contribution in [3.8, 4) is 5.75 Å². The van der Waals surface area contributed by atoms with Gasteiger partial charge in [-0.15, -0.1) is 11.6 Å². The van der Waals surface area contributed by atoms with Crippen LogP contribution in [0.15, 0.2) is 30.0 Å². The fraction of sp³-hybridized carbons (Fsp3) is 0.273. The predicted octanol–water partition coefficient (Wildman–Crippen LogP) is 3.57. The van der Waals surface area contributed by atoms with Crippen molar-refractivity contribution in [2.75, 3.05) is 0 Å². The standard InChI is InChI=1S/C11H11ClO/c1-7-3-4-11-9(5-7)10(12)6-8(2)13-11/h3-6,10H,1-2H3. The molecule has 1 nitrogen and oxygen atoms in total. The molecule has 1 aromatic rings. The summed E-state index contributed by atoms with van der Waals surface area (Å²) in [7, 11) is 0. The lowest BCUT2D eigenvalue weighted by atomic mass is 10.1.